The first-order valence-corrected chi connectivity index (χ1v) is 66.1. The van der Waals surface area contributed by atoms with Crippen LogP contribution in [0.4, 0.5) is 0 Å². The van der Waals surface area contributed by atoms with Gasteiger partial charge in [0, 0.05) is 60.7 Å². The number of phenols is 12. The highest BCUT2D eigenvalue weighted by Gasteiger charge is 2.38. The Labute approximate surface area is 749 Å². The lowest BCUT2D eigenvalue weighted by atomic mass is 10.2. The molecule has 39 heteroatoms. The monoisotopic (exact) mass is 1900 g/mol. The smallest absolute Gasteiger partial charge is 0.392 e. The van der Waals surface area contributed by atoms with Crippen LogP contribution in [-0.4, -0.2) is 138 Å². The molecule has 10 aromatic rings. The molecule has 0 heterocycles. The highest BCUT2D eigenvalue weighted by atomic mass is 28.4. The zero-order chi connectivity index (χ0) is 92.8. The van der Waals surface area contributed by atoms with Crippen molar-refractivity contribution in [2.24, 2.45) is 0 Å². The average Bonchev–Trinajstić information content (AvgIpc) is 0.823. The summed E-state index contributed by atoms with van der Waals surface area (Å²) in [7, 11) is -28.2. The van der Waals surface area contributed by atoms with E-state index >= 15 is 0 Å². The van der Waals surface area contributed by atoms with Gasteiger partial charge in [-0.3, -0.25) is 0 Å². The molecule has 0 saturated carbocycles. The Bertz CT molecular complexity index is 4830. The van der Waals surface area contributed by atoms with Gasteiger partial charge in [-0.2, -0.15) is 0 Å². The van der Waals surface area contributed by atoms with Gasteiger partial charge in [-0.25, -0.2) is 0 Å². The average molecular weight is 1910 g/mol. The molecular weight excluding hydrogens is 1790 g/mol. The van der Waals surface area contributed by atoms with E-state index in [-0.39, 0.29) is 135 Å². The fourth-order valence-corrected chi connectivity index (χ4v) is 24.1. The van der Waals surface area contributed by atoms with Crippen molar-refractivity contribution < 1.29 is 141 Å². The number of phenolic OH excluding ortho intramolecular Hbond substituents is 12. The van der Waals surface area contributed by atoms with Crippen LogP contribution in [0.2, 0.25) is 118 Å². The maximum Gasteiger partial charge on any atom is 0.392 e. The molecule has 0 aliphatic heterocycles. The Morgan fingerprint density at radius 3 is 0.339 bits per heavy atom. The highest BCUT2D eigenvalue weighted by Crippen LogP contribution is 2.39. The standard InChI is InChI=1S/C88H116O30Si9/c1-119(2,101-55-65-31-81(111-120(3,4)103-49-59-19-69(89)39-70(90)20-59)45-82(32-65)112-121(5,6)104-50-60-21-71(91)40-72(92)22-60)102-56-66-33-83(117-126(15,16)109-57-67-35-85(113-122(7,8)105-51-61-23-73(93)41-74(94)24-61)47-86(36-67)114-123(9,10)106-52-62-25-75(95)42-76(96)26-62)46-84(34-66)118-127(17,18)110-58-68-37-87(115-124(11,12)107-53-63-27-77(97)43-78(98)28-63)48-88(38-68)116-125(13,14)108-54-64-29-79(99)44-80(100)30-64/h19-48,89-100H,49-58H2,1-18H3. The van der Waals surface area contributed by atoms with E-state index < -0.39 is 77.0 Å². The van der Waals surface area contributed by atoms with Crippen molar-refractivity contribution in [3.8, 4) is 115 Å². The van der Waals surface area contributed by atoms with Crippen LogP contribution in [0.15, 0.2) is 182 Å². The Hall–Kier alpha value is -10.2. The van der Waals surface area contributed by atoms with Crippen LogP contribution in [0.1, 0.15) is 55.6 Å². The van der Waals surface area contributed by atoms with E-state index in [0.29, 0.717) is 102 Å². The SMILES string of the molecule is C[Si](C)(OCc1cc(O[Si](C)(C)OCc2cc(O)cc(O)c2)cc(O[Si](C)(C)OCc2cc(O)cc(O)c2)c1)OCc1cc(O[Si](C)(C)OCc2cc(O[Si](C)(C)OCc3cc(O)cc(O)c3)cc(O[Si](C)(C)OCc3cc(O)cc(O)c3)c2)cc(O[Si](C)(C)OCc2cc(O[Si](C)(C)OCc3cc(O)cc(O)c3)cc(O[Si](C)(C)OCc3cc(O)cc(O)c3)c2)c1. The lowest BCUT2D eigenvalue weighted by Gasteiger charge is -2.29. The van der Waals surface area contributed by atoms with E-state index in [1.165, 1.54) is 109 Å². The second-order valence-electron chi connectivity index (χ2n) is 34.7. The predicted molar refractivity (Wildman–Crippen MR) is 495 cm³/mol. The van der Waals surface area contributed by atoms with Gasteiger partial charge in [-0.1, -0.05) is 0 Å². The molecule has 10 aromatic carbocycles. The van der Waals surface area contributed by atoms with Gasteiger partial charge < -0.3 is 141 Å². The van der Waals surface area contributed by atoms with Crippen molar-refractivity contribution in [2.75, 3.05) is 0 Å². The largest absolute Gasteiger partial charge is 0.520 e. The summed E-state index contributed by atoms with van der Waals surface area (Å²) in [6.45, 7) is 33.8. The zero-order valence-electron chi connectivity index (χ0n) is 74.6. The van der Waals surface area contributed by atoms with Crippen LogP contribution in [0.25, 0.3) is 0 Å². The predicted octanol–water partition coefficient (Wildman–Crippen LogP) is 19.0. The summed E-state index contributed by atoms with van der Waals surface area (Å²) in [6, 6.07) is 46.9. The summed E-state index contributed by atoms with van der Waals surface area (Å²) < 4.78 is 120. The van der Waals surface area contributed by atoms with Gasteiger partial charge >= 0.3 is 77.0 Å². The summed E-state index contributed by atoms with van der Waals surface area (Å²) >= 11 is 0. The Morgan fingerprint density at radius 2 is 0.228 bits per heavy atom. The molecule has 0 aliphatic rings. The minimum absolute atomic E-state index is 0.00196. The Kier molecular flexibility index (Phi) is 32.3. The molecule has 10 rings (SSSR count). The first-order valence-electron chi connectivity index (χ1n) is 40.7. The molecule has 0 fully saturated rings. The van der Waals surface area contributed by atoms with E-state index in [2.05, 4.69) is 0 Å². The Morgan fingerprint density at radius 1 is 0.134 bits per heavy atom. The summed E-state index contributed by atoms with van der Waals surface area (Å²) in [4.78, 5) is 0. The van der Waals surface area contributed by atoms with Gasteiger partial charge in [-0.15, -0.1) is 0 Å². The third-order valence-corrected chi connectivity index (χ3v) is 32.5. The third kappa shape index (κ3) is 34.0. The van der Waals surface area contributed by atoms with Gasteiger partial charge in [-0.05, 0) is 295 Å². The second kappa shape index (κ2) is 41.5. The van der Waals surface area contributed by atoms with Crippen molar-refractivity contribution in [3.05, 3.63) is 238 Å². The van der Waals surface area contributed by atoms with Gasteiger partial charge in [0.2, 0.25) is 0 Å². The van der Waals surface area contributed by atoms with E-state index in [0.717, 1.165) is 0 Å². The molecule has 127 heavy (non-hydrogen) atoms. The molecule has 684 valence electrons. The van der Waals surface area contributed by atoms with Gasteiger partial charge in [0.1, 0.15) is 115 Å². The normalized spacial score (nSPS) is 12.6. The van der Waals surface area contributed by atoms with Crippen LogP contribution < -0.4 is 35.4 Å². The van der Waals surface area contributed by atoms with Gasteiger partial charge in [0.05, 0.1) is 66.1 Å². The lowest BCUT2D eigenvalue weighted by molar-refractivity contribution is 0.163. The third-order valence-electron chi connectivity index (χ3n) is 18.3. The van der Waals surface area contributed by atoms with E-state index in [4.69, 9.17) is 79.7 Å². The second-order valence-corrected chi connectivity index (χ2v) is 64.4. The highest BCUT2D eigenvalue weighted by molar-refractivity contribution is 6.68. The van der Waals surface area contributed by atoms with Gasteiger partial charge in [0.25, 0.3) is 0 Å². The molecule has 0 atom stereocenters. The number of aromatic hydroxyl groups is 12. The minimum atomic E-state index is -3.31. The van der Waals surface area contributed by atoms with Crippen molar-refractivity contribution in [2.45, 2.75) is 184 Å². The van der Waals surface area contributed by atoms with E-state index in [9.17, 15) is 61.3 Å². The maximum atomic E-state index is 10.2. The molecule has 0 aliphatic carbocycles. The van der Waals surface area contributed by atoms with E-state index in [1.807, 2.05) is 166 Å². The molecule has 0 radical (unpaired) electrons. The molecule has 12 N–H and O–H groups in total. The molecule has 0 spiro atoms. The molecule has 0 saturated heterocycles. The summed E-state index contributed by atoms with van der Waals surface area (Å²) in [5, 5.41) is 123. The number of hydrogen-bond donors (Lipinski definition) is 12. The number of benzene rings is 10. The number of rotatable bonds is 46. The maximum absolute atomic E-state index is 10.2. The zero-order valence-corrected chi connectivity index (χ0v) is 83.6. The number of hydrogen-bond acceptors (Lipinski definition) is 30. The van der Waals surface area contributed by atoms with Crippen molar-refractivity contribution in [3.63, 3.8) is 0 Å². The lowest BCUT2D eigenvalue weighted by Crippen LogP contribution is -2.40. The minimum Gasteiger partial charge on any atom is -0.520 e. The molecular formula is C88H116O30Si9. The summed E-state index contributed by atoms with van der Waals surface area (Å²) in [5.74, 6) is 1.67. The van der Waals surface area contributed by atoms with Crippen LogP contribution in [-0.2, 0) is 110 Å². The molecule has 0 bridgehead atoms. The summed E-state index contributed by atoms with van der Waals surface area (Å²) in [6.07, 6.45) is 0. The first-order chi connectivity index (χ1) is 59.1. The van der Waals surface area contributed by atoms with E-state index in [1.54, 1.807) is 24.3 Å². The van der Waals surface area contributed by atoms with Crippen molar-refractivity contribution >= 4 is 77.0 Å². The Balaban J connectivity index is 0.929. The van der Waals surface area contributed by atoms with Crippen LogP contribution in [0.3, 0.4) is 0 Å². The summed E-state index contributed by atoms with van der Waals surface area (Å²) in [5.41, 5.74) is 5.73. The molecule has 0 aromatic heterocycles. The molecule has 0 unspecified atom stereocenters. The van der Waals surface area contributed by atoms with Crippen molar-refractivity contribution in [1.82, 2.24) is 0 Å². The molecule has 0 amide bonds. The fourth-order valence-electron chi connectivity index (χ4n) is 12.9. The first kappa shape index (κ1) is 98.9. The quantitative estimate of drug-likeness (QED) is 0.0158. The van der Waals surface area contributed by atoms with Crippen LogP contribution >= 0.6 is 0 Å². The topological polar surface area (TPSA) is 409 Å². The van der Waals surface area contributed by atoms with Crippen LogP contribution in [0, 0.1) is 0 Å². The molecule has 30 nitrogen and oxygen atoms in total. The fraction of sp³-hybridized carbons (Fsp3) is 0.318. The van der Waals surface area contributed by atoms with Crippen molar-refractivity contribution in [1.29, 1.82) is 0 Å². The van der Waals surface area contributed by atoms with Crippen LogP contribution in [0.5, 0.6) is 115 Å². The van der Waals surface area contributed by atoms with Gasteiger partial charge in [0.15, 0.2) is 0 Å².